The molecule has 0 fully saturated rings. The predicted molar refractivity (Wildman–Crippen MR) is 71.3 cm³/mol. The summed E-state index contributed by atoms with van der Waals surface area (Å²) in [7, 11) is -3.58. The van der Waals surface area contributed by atoms with Crippen LogP contribution in [-0.4, -0.2) is 20.0 Å². The van der Waals surface area contributed by atoms with E-state index in [9.17, 15) is 12.8 Å². The summed E-state index contributed by atoms with van der Waals surface area (Å²) in [6.07, 6.45) is 3.10. The van der Waals surface area contributed by atoms with Crippen molar-refractivity contribution >= 4 is 15.4 Å². The second-order valence-corrected chi connectivity index (χ2v) is 6.04. The molecular weight excluding hydrogens is 281 g/mol. The lowest BCUT2D eigenvalue weighted by Crippen LogP contribution is -2.01. The van der Waals surface area contributed by atoms with Crippen LogP contribution in [0.4, 0.5) is 4.39 Å². The Balaban J connectivity index is 1.93. The molecular formula is C14H10FNO3S. The molecule has 1 aromatic carbocycles. The van der Waals surface area contributed by atoms with Crippen LogP contribution < -0.4 is 4.74 Å². The third kappa shape index (κ3) is 2.18. The van der Waals surface area contributed by atoms with Gasteiger partial charge in [0.25, 0.3) is 0 Å². The average molecular weight is 291 g/mol. The van der Waals surface area contributed by atoms with Gasteiger partial charge in [-0.05, 0) is 24.3 Å². The molecule has 0 aliphatic carbocycles. The van der Waals surface area contributed by atoms with Crippen LogP contribution in [0.5, 0.6) is 5.75 Å². The first-order valence-electron chi connectivity index (χ1n) is 5.85. The molecule has 0 atom stereocenters. The summed E-state index contributed by atoms with van der Waals surface area (Å²) >= 11 is 0. The van der Waals surface area contributed by atoms with Crippen LogP contribution in [-0.2, 0) is 9.84 Å². The van der Waals surface area contributed by atoms with Crippen LogP contribution in [0, 0.1) is 5.82 Å². The van der Waals surface area contributed by atoms with Gasteiger partial charge in [0, 0.05) is 22.7 Å². The van der Waals surface area contributed by atoms with E-state index >= 15 is 0 Å². The van der Waals surface area contributed by atoms with Gasteiger partial charge in [0.15, 0.2) is 0 Å². The summed E-state index contributed by atoms with van der Waals surface area (Å²) < 4.78 is 43.1. The third-order valence-corrected chi connectivity index (χ3v) is 4.48. The molecule has 0 spiro atoms. The first-order chi connectivity index (χ1) is 9.58. The summed E-state index contributed by atoms with van der Waals surface area (Å²) in [6.45, 7) is -0.0289. The number of halogens is 1. The van der Waals surface area contributed by atoms with Crippen LogP contribution in [0.3, 0.4) is 0 Å². The molecule has 2 heterocycles. The summed E-state index contributed by atoms with van der Waals surface area (Å²) in [5, 5.41) is 1.05. The maximum Gasteiger partial charge on any atom is 0.200 e. The highest BCUT2D eigenvalue weighted by molar-refractivity contribution is 7.95. The van der Waals surface area contributed by atoms with Crippen LogP contribution in [0.25, 0.3) is 5.57 Å². The molecule has 1 aromatic heterocycles. The Kier molecular flexibility index (Phi) is 3.02. The average Bonchev–Trinajstić information content (AvgIpc) is 2.71. The number of hydrogen-bond donors (Lipinski definition) is 0. The molecule has 0 N–H and O–H groups in total. The third-order valence-electron chi connectivity index (χ3n) is 2.93. The number of sulfone groups is 1. The molecule has 0 radical (unpaired) electrons. The molecule has 0 saturated heterocycles. The molecule has 0 saturated carbocycles. The Bertz CT molecular complexity index is 785. The van der Waals surface area contributed by atoms with Gasteiger partial charge in [-0.25, -0.2) is 12.8 Å². The van der Waals surface area contributed by atoms with E-state index in [2.05, 4.69) is 4.98 Å². The number of nitrogens with zero attached hydrogens (tertiary/aromatic N) is 1. The zero-order valence-corrected chi connectivity index (χ0v) is 11.1. The number of rotatable bonds is 3. The van der Waals surface area contributed by atoms with Crippen molar-refractivity contribution in [2.75, 3.05) is 6.61 Å². The molecule has 2 aromatic rings. The van der Waals surface area contributed by atoms with E-state index in [4.69, 9.17) is 4.74 Å². The zero-order valence-electron chi connectivity index (χ0n) is 10.3. The second kappa shape index (κ2) is 4.72. The van der Waals surface area contributed by atoms with E-state index in [1.54, 1.807) is 18.3 Å². The van der Waals surface area contributed by atoms with Crippen LogP contribution >= 0.6 is 0 Å². The fourth-order valence-corrected chi connectivity index (χ4v) is 3.53. The highest BCUT2D eigenvalue weighted by Gasteiger charge is 2.29. The van der Waals surface area contributed by atoms with Crippen molar-refractivity contribution in [1.29, 1.82) is 0 Å². The van der Waals surface area contributed by atoms with Gasteiger partial charge in [-0.2, -0.15) is 0 Å². The Morgan fingerprint density at radius 2 is 2.05 bits per heavy atom. The summed E-state index contributed by atoms with van der Waals surface area (Å²) in [6, 6.07) is 7.40. The maximum absolute atomic E-state index is 13.8. The molecule has 20 heavy (non-hydrogen) atoms. The standard InChI is InChI=1S/C14H10FNO3S/c15-12-4-1-5-13-14(12)10(9-20(13,17)18)8-19-11-3-2-6-16-7-11/h1-7,9H,8H2. The van der Waals surface area contributed by atoms with E-state index in [1.165, 1.54) is 24.4 Å². The number of benzene rings is 1. The molecule has 0 amide bonds. The van der Waals surface area contributed by atoms with Crippen LogP contribution in [0.2, 0.25) is 0 Å². The Labute approximate surface area is 115 Å². The minimum atomic E-state index is -3.58. The summed E-state index contributed by atoms with van der Waals surface area (Å²) in [5.41, 5.74) is 0.401. The molecule has 1 aliphatic rings. The summed E-state index contributed by atoms with van der Waals surface area (Å²) in [4.78, 5) is 3.87. The Morgan fingerprint density at radius 1 is 1.20 bits per heavy atom. The van der Waals surface area contributed by atoms with E-state index in [-0.39, 0.29) is 17.1 Å². The molecule has 4 nitrogen and oxygen atoms in total. The second-order valence-electron chi connectivity index (χ2n) is 4.28. The van der Waals surface area contributed by atoms with Crippen molar-refractivity contribution < 1.29 is 17.5 Å². The van der Waals surface area contributed by atoms with E-state index in [0.29, 0.717) is 11.3 Å². The smallest absolute Gasteiger partial charge is 0.200 e. The number of pyridine rings is 1. The van der Waals surface area contributed by atoms with Crippen molar-refractivity contribution in [2.45, 2.75) is 4.90 Å². The predicted octanol–water partition coefficient (Wildman–Crippen LogP) is 2.43. The van der Waals surface area contributed by atoms with Crippen molar-refractivity contribution in [3.63, 3.8) is 0 Å². The monoisotopic (exact) mass is 291 g/mol. The molecule has 0 unspecified atom stereocenters. The van der Waals surface area contributed by atoms with E-state index in [0.717, 1.165) is 5.41 Å². The number of hydrogen-bond acceptors (Lipinski definition) is 4. The lowest BCUT2D eigenvalue weighted by atomic mass is 10.1. The number of aromatic nitrogens is 1. The van der Waals surface area contributed by atoms with Crippen molar-refractivity contribution in [3.05, 3.63) is 59.5 Å². The fraction of sp³-hybridized carbons (Fsp3) is 0.0714. The van der Waals surface area contributed by atoms with Crippen molar-refractivity contribution in [3.8, 4) is 5.75 Å². The van der Waals surface area contributed by atoms with Crippen molar-refractivity contribution in [2.24, 2.45) is 0 Å². The fourth-order valence-electron chi connectivity index (χ4n) is 2.06. The molecule has 1 aliphatic heterocycles. The van der Waals surface area contributed by atoms with Gasteiger partial charge in [-0.1, -0.05) is 6.07 Å². The van der Waals surface area contributed by atoms with Gasteiger partial charge in [0.05, 0.1) is 11.1 Å². The SMILES string of the molecule is O=S1(=O)C=C(COc2cccnc2)c2c(F)cccc21. The highest BCUT2D eigenvalue weighted by Crippen LogP contribution is 2.35. The van der Waals surface area contributed by atoms with E-state index < -0.39 is 15.7 Å². The lowest BCUT2D eigenvalue weighted by Gasteiger charge is -2.08. The van der Waals surface area contributed by atoms with Crippen molar-refractivity contribution in [1.82, 2.24) is 4.98 Å². The first kappa shape index (κ1) is 12.8. The van der Waals surface area contributed by atoms with Gasteiger partial charge < -0.3 is 4.74 Å². The molecule has 0 bridgehead atoms. The normalized spacial score (nSPS) is 15.6. The molecule has 3 rings (SSSR count). The minimum absolute atomic E-state index is 0.0118. The largest absolute Gasteiger partial charge is 0.487 e. The van der Waals surface area contributed by atoms with Gasteiger partial charge >= 0.3 is 0 Å². The first-order valence-corrected chi connectivity index (χ1v) is 7.40. The Hall–Kier alpha value is -2.21. The topological polar surface area (TPSA) is 56.3 Å². The van der Waals surface area contributed by atoms with Gasteiger partial charge in [-0.15, -0.1) is 0 Å². The minimum Gasteiger partial charge on any atom is -0.487 e. The molecule has 102 valence electrons. The Morgan fingerprint density at radius 3 is 2.80 bits per heavy atom. The maximum atomic E-state index is 13.8. The molecule has 6 heteroatoms. The quantitative estimate of drug-likeness (QED) is 0.871. The van der Waals surface area contributed by atoms with Crippen LogP contribution in [0.1, 0.15) is 5.56 Å². The zero-order chi connectivity index (χ0) is 14.2. The van der Waals surface area contributed by atoms with Crippen LogP contribution in [0.15, 0.2) is 53.0 Å². The summed E-state index contributed by atoms with van der Waals surface area (Å²) in [5.74, 6) is -0.0693. The van der Waals surface area contributed by atoms with Gasteiger partial charge in [0.2, 0.25) is 9.84 Å². The van der Waals surface area contributed by atoms with E-state index in [1.807, 2.05) is 0 Å². The van der Waals surface area contributed by atoms with Gasteiger partial charge in [-0.3, -0.25) is 4.98 Å². The van der Waals surface area contributed by atoms with Gasteiger partial charge in [0.1, 0.15) is 18.2 Å². The highest BCUT2D eigenvalue weighted by atomic mass is 32.2. The number of fused-ring (bicyclic) bond motifs is 1. The lowest BCUT2D eigenvalue weighted by molar-refractivity contribution is 0.367. The number of ether oxygens (including phenoxy) is 1.